The van der Waals surface area contributed by atoms with Gasteiger partial charge in [0.2, 0.25) is 0 Å². The lowest BCUT2D eigenvalue weighted by Crippen LogP contribution is -2.10. The van der Waals surface area contributed by atoms with E-state index in [2.05, 4.69) is 67.6 Å². The Morgan fingerprint density at radius 3 is 1.59 bits per heavy atom. The molecule has 1 aliphatic carbocycles. The Labute approximate surface area is 106 Å². The van der Waals surface area contributed by atoms with Crippen LogP contribution >= 0.6 is 0 Å². The van der Waals surface area contributed by atoms with E-state index < -0.39 is 0 Å². The molecule has 1 saturated carbocycles. The molecule has 1 fully saturated rings. The maximum absolute atomic E-state index is 2.37. The van der Waals surface area contributed by atoms with Crippen molar-refractivity contribution < 1.29 is 0 Å². The summed E-state index contributed by atoms with van der Waals surface area (Å²) in [5.41, 5.74) is 0. The molecular formula is C16H17S+. The minimum Gasteiger partial charge on any atom is -0.0619 e. The van der Waals surface area contributed by atoms with Crippen molar-refractivity contribution in [2.45, 2.75) is 28.4 Å². The topological polar surface area (TPSA) is 0 Å². The third-order valence-corrected chi connectivity index (χ3v) is 6.16. The van der Waals surface area contributed by atoms with Crippen LogP contribution in [-0.4, -0.2) is 5.25 Å². The quantitative estimate of drug-likeness (QED) is 0.709. The van der Waals surface area contributed by atoms with Gasteiger partial charge in [-0.2, -0.15) is 0 Å². The van der Waals surface area contributed by atoms with Gasteiger partial charge < -0.3 is 0 Å². The molecule has 0 nitrogen and oxygen atoms in total. The molecule has 0 N–H and O–H groups in total. The second-order valence-corrected chi connectivity index (χ2v) is 6.94. The van der Waals surface area contributed by atoms with E-state index in [0.29, 0.717) is 0 Å². The van der Waals surface area contributed by atoms with Crippen LogP contribution in [0.3, 0.4) is 0 Å². The van der Waals surface area contributed by atoms with Gasteiger partial charge in [-0.05, 0) is 24.3 Å². The predicted molar refractivity (Wildman–Crippen MR) is 74.4 cm³/mol. The molecule has 2 unspecified atom stereocenters. The van der Waals surface area contributed by atoms with Crippen molar-refractivity contribution in [1.29, 1.82) is 0 Å². The monoisotopic (exact) mass is 241 g/mol. The second-order valence-electron chi connectivity index (χ2n) is 4.72. The maximum Gasteiger partial charge on any atom is 0.160 e. The van der Waals surface area contributed by atoms with Crippen molar-refractivity contribution in [2.24, 2.45) is 5.92 Å². The summed E-state index contributed by atoms with van der Waals surface area (Å²) in [7, 11) is 0.278. The molecule has 0 radical (unpaired) electrons. The van der Waals surface area contributed by atoms with Gasteiger partial charge in [0, 0.05) is 12.3 Å². The maximum atomic E-state index is 2.37. The molecule has 0 spiro atoms. The van der Waals surface area contributed by atoms with Crippen LogP contribution < -0.4 is 0 Å². The van der Waals surface area contributed by atoms with Crippen LogP contribution in [0.15, 0.2) is 70.5 Å². The SMILES string of the molecule is CC1CC1[S+](c1ccccc1)c1ccccc1. The molecule has 0 heterocycles. The Kier molecular flexibility index (Phi) is 2.94. The predicted octanol–water partition coefficient (Wildman–Crippen LogP) is 4.13. The van der Waals surface area contributed by atoms with Crippen molar-refractivity contribution in [3.63, 3.8) is 0 Å². The Morgan fingerprint density at radius 1 is 0.824 bits per heavy atom. The van der Waals surface area contributed by atoms with Gasteiger partial charge in [0.1, 0.15) is 5.25 Å². The minimum absolute atomic E-state index is 0.278. The average Bonchev–Trinajstić information content (AvgIpc) is 3.09. The molecule has 0 amide bonds. The van der Waals surface area contributed by atoms with Crippen LogP contribution in [0.25, 0.3) is 0 Å². The highest BCUT2D eigenvalue weighted by molar-refractivity contribution is 7.97. The normalized spacial score (nSPS) is 22.7. The standard InChI is InChI=1S/C16H17S/c1-13-12-16(13)17(14-8-4-2-5-9-14)15-10-6-3-7-11-15/h2-11,13,16H,12H2,1H3/q+1. The number of rotatable bonds is 3. The molecule has 1 aliphatic rings. The van der Waals surface area contributed by atoms with Crippen LogP contribution in [0, 0.1) is 5.92 Å². The van der Waals surface area contributed by atoms with E-state index in [0.717, 1.165) is 11.2 Å². The smallest absolute Gasteiger partial charge is 0.0619 e. The summed E-state index contributed by atoms with van der Waals surface area (Å²) in [6.45, 7) is 2.37. The highest BCUT2D eigenvalue weighted by Crippen LogP contribution is 2.44. The van der Waals surface area contributed by atoms with Crippen molar-refractivity contribution in [2.75, 3.05) is 0 Å². The first-order valence-electron chi connectivity index (χ1n) is 6.19. The fourth-order valence-electron chi connectivity index (χ4n) is 2.24. The fourth-order valence-corrected chi connectivity index (χ4v) is 5.07. The lowest BCUT2D eigenvalue weighted by molar-refractivity contribution is 0.983. The largest absolute Gasteiger partial charge is 0.160 e. The zero-order chi connectivity index (χ0) is 11.7. The zero-order valence-corrected chi connectivity index (χ0v) is 10.9. The van der Waals surface area contributed by atoms with E-state index in [1.807, 2.05) is 0 Å². The Hall–Kier alpha value is -1.21. The highest BCUT2D eigenvalue weighted by Gasteiger charge is 2.50. The van der Waals surface area contributed by atoms with Crippen molar-refractivity contribution in [3.8, 4) is 0 Å². The number of hydrogen-bond donors (Lipinski definition) is 0. The highest BCUT2D eigenvalue weighted by atomic mass is 32.2. The minimum atomic E-state index is 0.278. The van der Waals surface area contributed by atoms with Crippen molar-refractivity contribution >= 4 is 10.9 Å². The molecule has 86 valence electrons. The van der Waals surface area contributed by atoms with E-state index in [9.17, 15) is 0 Å². The lowest BCUT2D eigenvalue weighted by Gasteiger charge is -2.07. The first-order valence-corrected chi connectivity index (χ1v) is 7.48. The third kappa shape index (κ3) is 2.25. The summed E-state index contributed by atoms with van der Waals surface area (Å²) in [4.78, 5) is 2.99. The van der Waals surface area contributed by atoms with Gasteiger partial charge in [0.05, 0.1) is 10.9 Å². The molecule has 0 saturated heterocycles. The van der Waals surface area contributed by atoms with Gasteiger partial charge in [0.25, 0.3) is 0 Å². The lowest BCUT2D eigenvalue weighted by atomic mass is 10.4. The average molecular weight is 241 g/mol. The molecular weight excluding hydrogens is 224 g/mol. The van der Waals surface area contributed by atoms with E-state index >= 15 is 0 Å². The summed E-state index contributed by atoms with van der Waals surface area (Å²) in [5, 5.41) is 0.861. The molecule has 0 bridgehead atoms. The summed E-state index contributed by atoms with van der Waals surface area (Å²) in [5.74, 6) is 0.888. The summed E-state index contributed by atoms with van der Waals surface area (Å²) in [6.07, 6.45) is 1.38. The van der Waals surface area contributed by atoms with E-state index in [1.54, 1.807) is 0 Å². The van der Waals surface area contributed by atoms with E-state index in [4.69, 9.17) is 0 Å². The van der Waals surface area contributed by atoms with Crippen molar-refractivity contribution in [3.05, 3.63) is 60.7 Å². The van der Waals surface area contributed by atoms with Crippen LogP contribution in [0.4, 0.5) is 0 Å². The van der Waals surface area contributed by atoms with Crippen molar-refractivity contribution in [1.82, 2.24) is 0 Å². The molecule has 17 heavy (non-hydrogen) atoms. The second kappa shape index (κ2) is 4.58. The van der Waals surface area contributed by atoms with E-state index in [1.165, 1.54) is 16.2 Å². The fraction of sp³-hybridized carbons (Fsp3) is 0.250. The van der Waals surface area contributed by atoms with Crippen LogP contribution in [0.1, 0.15) is 13.3 Å². The molecule has 0 aromatic heterocycles. The number of benzene rings is 2. The summed E-state index contributed by atoms with van der Waals surface area (Å²) < 4.78 is 0. The summed E-state index contributed by atoms with van der Waals surface area (Å²) >= 11 is 0. The first-order chi connectivity index (χ1) is 8.36. The molecule has 2 aromatic carbocycles. The zero-order valence-electron chi connectivity index (χ0n) is 10.0. The Balaban J connectivity index is 1.99. The Morgan fingerprint density at radius 2 is 1.24 bits per heavy atom. The van der Waals surface area contributed by atoms with Gasteiger partial charge in [0.15, 0.2) is 9.79 Å². The van der Waals surface area contributed by atoms with Gasteiger partial charge in [-0.25, -0.2) is 0 Å². The molecule has 3 rings (SSSR count). The van der Waals surface area contributed by atoms with Gasteiger partial charge in [-0.15, -0.1) is 0 Å². The molecule has 2 aromatic rings. The molecule has 2 atom stereocenters. The molecule has 1 heteroatoms. The van der Waals surface area contributed by atoms with Gasteiger partial charge in [-0.1, -0.05) is 43.3 Å². The third-order valence-electron chi connectivity index (χ3n) is 3.33. The van der Waals surface area contributed by atoms with E-state index in [-0.39, 0.29) is 10.9 Å². The van der Waals surface area contributed by atoms with Crippen LogP contribution in [-0.2, 0) is 10.9 Å². The molecule has 0 aliphatic heterocycles. The van der Waals surface area contributed by atoms with Crippen LogP contribution in [0.2, 0.25) is 0 Å². The first kappa shape index (κ1) is 10.9. The summed E-state index contributed by atoms with van der Waals surface area (Å²) in [6, 6.07) is 22.0. The van der Waals surface area contributed by atoms with Gasteiger partial charge >= 0.3 is 0 Å². The Bertz CT molecular complexity index is 438. The number of hydrogen-bond acceptors (Lipinski definition) is 0. The van der Waals surface area contributed by atoms with Crippen LogP contribution in [0.5, 0.6) is 0 Å². The van der Waals surface area contributed by atoms with Gasteiger partial charge in [-0.3, -0.25) is 0 Å².